The predicted octanol–water partition coefficient (Wildman–Crippen LogP) is 3.60. The molecule has 4 rings (SSSR count). The van der Waals surface area contributed by atoms with Gasteiger partial charge in [0.05, 0.1) is 6.54 Å². The van der Waals surface area contributed by atoms with E-state index in [0.717, 1.165) is 47.6 Å². The van der Waals surface area contributed by atoms with Crippen LogP contribution in [-0.2, 0) is 13.1 Å². The number of furan rings is 1. The Hall–Kier alpha value is -2.53. The van der Waals surface area contributed by atoms with Gasteiger partial charge < -0.3 is 14.7 Å². The van der Waals surface area contributed by atoms with E-state index in [1.165, 1.54) is 18.4 Å². The van der Waals surface area contributed by atoms with Gasteiger partial charge in [-0.3, -0.25) is 9.69 Å². The third-order valence-electron chi connectivity index (χ3n) is 4.84. The van der Waals surface area contributed by atoms with E-state index < -0.39 is 0 Å². The van der Waals surface area contributed by atoms with E-state index in [1.807, 2.05) is 43.5 Å². The van der Waals surface area contributed by atoms with E-state index in [-0.39, 0.29) is 5.91 Å². The molecule has 0 aliphatic carbocycles. The number of carbonyl (C=O) groups excluding carboxylic acids is 1. The fourth-order valence-electron chi connectivity index (χ4n) is 3.59. The zero-order valence-electron chi connectivity index (χ0n) is 14.5. The molecule has 1 amide bonds. The van der Waals surface area contributed by atoms with E-state index in [0.29, 0.717) is 6.54 Å². The normalized spacial score (nSPS) is 15.1. The first kappa shape index (κ1) is 16.0. The Morgan fingerprint density at radius 2 is 2.08 bits per heavy atom. The van der Waals surface area contributed by atoms with Crippen LogP contribution in [0.5, 0.6) is 0 Å². The van der Waals surface area contributed by atoms with Crippen LogP contribution in [-0.4, -0.2) is 28.9 Å². The van der Waals surface area contributed by atoms with Crippen molar-refractivity contribution >= 4 is 16.8 Å². The molecule has 3 heterocycles. The molecule has 1 aliphatic heterocycles. The van der Waals surface area contributed by atoms with Gasteiger partial charge in [-0.15, -0.1) is 0 Å². The summed E-state index contributed by atoms with van der Waals surface area (Å²) in [6.45, 7) is 5.46. The molecule has 2 N–H and O–H groups in total. The maximum atomic E-state index is 12.7. The Balaban J connectivity index is 1.57. The average molecular weight is 337 g/mol. The number of rotatable bonds is 5. The van der Waals surface area contributed by atoms with Crippen molar-refractivity contribution in [2.45, 2.75) is 32.9 Å². The summed E-state index contributed by atoms with van der Waals surface area (Å²) in [6.07, 6.45) is 4.56. The van der Waals surface area contributed by atoms with Gasteiger partial charge in [-0.05, 0) is 62.7 Å². The molecule has 130 valence electrons. The predicted molar refractivity (Wildman–Crippen MR) is 97.4 cm³/mol. The lowest BCUT2D eigenvalue weighted by molar-refractivity contribution is 0.0949. The van der Waals surface area contributed by atoms with Crippen LogP contribution < -0.4 is 5.32 Å². The van der Waals surface area contributed by atoms with Gasteiger partial charge in [0, 0.05) is 29.2 Å². The number of fused-ring (bicyclic) bond motifs is 1. The fraction of sp³-hybridized carbons (Fsp3) is 0.350. The summed E-state index contributed by atoms with van der Waals surface area (Å²) >= 11 is 0. The van der Waals surface area contributed by atoms with Crippen molar-refractivity contribution in [1.29, 1.82) is 0 Å². The molecule has 1 aromatic carbocycles. The smallest absolute Gasteiger partial charge is 0.252 e. The number of H-pyrrole nitrogens is 1. The van der Waals surface area contributed by atoms with Crippen LogP contribution in [0.2, 0.25) is 0 Å². The van der Waals surface area contributed by atoms with Crippen LogP contribution in [0.3, 0.4) is 0 Å². The highest BCUT2D eigenvalue weighted by Crippen LogP contribution is 2.25. The molecule has 1 aliphatic rings. The molecule has 5 heteroatoms. The highest BCUT2D eigenvalue weighted by molar-refractivity contribution is 6.07. The van der Waals surface area contributed by atoms with Gasteiger partial charge in [-0.25, -0.2) is 0 Å². The van der Waals surface area contributed by atoms with Gasteiger partial charge in [-0.1, -0.05) is 6.07 Å². The summed E-state index contributed by atoms with van der Waals surface area (Å²) in [4.78, 5) is 18.5. The number of benzene rings is 1. The highest BCUT2D eigenvalue weighted by Gasteiger charge is 2.18. The second kappa shape index (κ2) is 6.76. The van der Waals surface area contributed by atoms with Crippen molar-refractivity contribution in [1.82, 2.24) is 15.2 Å². The van der Waals surface area contributed by atoms with Crippen molar-refractivity contribution in [3.63, 3.8) is 0 Å². The summed E-state index contributed by atoms with van der Waals surface area (Å²) in [7, 11) is 0. The summed E-state index contributed by atoms with van der Waals surface area (Å²) in [5.41, 5.74) is 2.92. The highest BCUT2D eigenvalue weighted by atomic mass is 16.3. The minimum atomic E-state index is -0.0677. The van der Waals surface area contributed by atoms with Crippen LogP contribution >= 0.6 is 0 Å². The number of hydrogen-bond acceptors (Lipinski definition) is 3. The molecule has 0 atom stereocenters. The number of nitrogens with zero attached hydrogens (tertiary/aromatic N) is 1. The van der Waals surface area contributed by atoms with Gasteiger partial charge in [0.1, 0.15) is 11.5 Å². The molecule has 0 bridgehead atoms. The van der Waals surface area contributed by atoms with E-state index in [9.17, 15) is 4.79 Å². The van der Waals surface area contributed by atoms with Gasteiger partial charge in [0.2, 0.25) is 0 Å². The number of aromatic nitrogens is 1. The van der Waals surface area contributed by atoms with Crippen molar-refractivity contribution in [2.75, 3.05) is 13.1 Å². The van der Waals surface area contributed by atoms with Gasteiger partial charge in [-0.2, -0.15) is 0 Å². The molecule has 2 aromatic heterocycles. The lowest BCUT2D eigenvalue weighted by Gasteiger charge is -2.14. The summed E-state index contributed by atoms with van der Waals surface area (Å²) in [5.74, 6) is 1.55. The quantitative estimate of drug-likeness (QED) is 0.748. The first-order valence-corrected chi connectivity index (χ1v) is 8.85. The lowest BCUT2D eigenvalue weighted by atomic mass is 10.1. The third-order valence-corrected chi connectivity index (χ3v) is 4.84. The van der Waals surface area contributed by atoms with Gasteiger partial charge in [0.25, 0.3) is 5.91 Å². The molecular formula is C20H23N3O2. The van der Waals surface area contributed by atoms with Crippen LogP contribution in [0.15, 0.2) is 40.9 Å². The Morgan fingerprint density at radius 3 is 2.84 bits per heavy atom. The second-order valence-electron chi connectivity index (χ2n) is 6.72. The molecule has 25 heavy (non-hydrogen) atoms. The SMILES string of the molecule is Cc1ccc(CNC(=O)c2cccc3[nH]cc(CN4CCCC4)c23)o1. The maximum absolute atomic E-state index is 12.7. The molecule has 1 saturated heterocycles. The van der Waals surface area contributed by atoms with Crippen LogP contribution in [0.4, 0.5) is 0 Å². The number of likely N-dealkylation sites (tertiary alicyclic amines) is 1. The minimum absolute atomic E-state index is 0.0677. The van der Waals surface area contributed by atoms with Crippen molar-refractivity contribution in [3.8, 4) is 0 Å². The Kier molecular flexibility index (Phi) is 4.32. The standard InChI is InChI=1S/C20H23N3O2/c1-14-7-8-16(25-14)12-22-20(24)17-5-4-6-18-19(17)15(11-21-18)13-23-9-2-3-10-23/h4-8,11,21H,2-3,9-10,12-13H2,1H3,(H,22,24). The summed E-state index contributed by atoms with van der Waals surface area (Å²) in [6, 6.07) is 9.64. The molecule has 0 radical (unpaired) electrons. The zero-order chi connectivity index (χ0) is 17.2. The van der Waals surface area contributed by atoms with Gasteiger partial charge in [0.15, 0.2) is 0 Å². The topological polar surface area (TPSA) is 61.3 Å². The van der Waals surface area contributed by atoms with Crippen molar-refractivity contribution < 1.29 is 9.21 Å². The Bertz CT molecular complexity index is 887. The van der Waals surface area contributed by atoms with Crippen LogP contribution in [0.1, 0.15) is 40.3 Å². The molecule has 1 fully saturated rings. The fourth-order valence-corrected chi connectivity index (χ4v) is 3.59. The van der Waals surface area contributed by atoms with Crippen LogP contribution in [0, 0.1) is 6.92 Å². The van der Waals surface area contributed by atoms with Crippen molar-refractivity contribution in [3.05, 3.63) is 59.2 Å². The Morgan fingerprint density at radius 1 is 1.24 bits per heavy atom. The van der Waals surface area contributed by atoms with E-state index in [2.05, 4.69) is 15.2 Å². The van der Waals surface area contributed by atoms with E-state index >= 15 is 0 Å². The molecule has 3 aromatic rings. The number of carbonyl (C=O) groups is 1. The lowest BCUT2D eigenvalue weighted by Crippen LogP contribution is -2.23. The number of aryl methyl sites for hydroxylation is 1. The summed E-state index contributed by atoms with van der Waals surface area (Å²) in [5, 5.41) is 4.00. The second-order valence-corrected chi connectivity index (χ2v) is 6.72. The zero-order valence-corrected chi connectivity index (χ0v) is 14.5. The Labute approximate surface area is 147 Å². The molecule has 5 nitrogen and oxygen atoms in total. The molecular weight excluding hydrogens is 314 g/mol. The van der Waals surface area contributed by atoms with Gasteiger partial charge >= 0.3 is 0 Å². The number of hydrogen-bond donors (Lipinski definition) is 2. The number of aromatic amines is 1. The first-order chi connectivity index (χ1) is 12.2. The van der Waals surface area contributed by atoms with E-state index in [1.54, 1.807) is 0 Å². The molecule has 0 spiro atoms. The maximum Gasteiger partial charge on any atom is 0.252 e. The third kappa shape index (κ3) is 3.33. The monoisotopic (exact) mass is 337 g/mol. The van der Waals surface area contributed by atoms with E-state index in [4.69, 9.17) is 4.42 Å². The number of amides is 1. The minimum Gasteiger partial charge on any atom is -0.465 e. The molecule has 0 unspecified atom stereocenters. The largest absolute Gasteiger partial charge is 0.465 e. The molecule has 0 saturated carbocycles. The van der Waals surface area contributed by atoms with Crippen LogP contribution in [0.25, 0.3) is 10.9 Å². The first-order valence-electron chi connectivity index (χ1n) is 8.85. The average Bonchev–Trinajstić information content (AvgIpc) is 3.35. The summed E-state index contributed by atoms with van der Waals surface area (Å²) < 4.78 is 5.53. The van der Waals surface area contributed by atoms with Crippen molar-refractivity contribution in [2.24, 2.45) is 0 Å². The number of nitrogens with one attached hydrogen (secondary N) is 2.